The molecule has 0 radical (unpaired) electrons. The van der Waals surface area contributed by atoms with Crippen LogP contribution in [0.5, 0.6) is 5.75 Å². The Kier molecular flexibility index (Phi) is 3.80. The first-order valence-electron chi connectivity index (χ1n) is 7.31. The molecule has 0 bridgehead atoms. The van der Waals surface area contributed by atoms with Crippen LogP contribution in [0.2, 0.25) is 0 Å². The molecular formula is C16H14N6OS. The lowest BCUT2D eigenvalue weighted by molar-refractivity contribution is 0.414. The van der Waals surface area contributed by atoms with Crippen LogP contribution < -0.4 is 10.1 Å². The first kappa shape index (κ1) is 14.6. The molecular weight excluding hydrogens is 324 g/mol. The Balaban J connectivity index is 1.50. The number of thiophene rings is 1. The number of hydrogen-bond donors (Lipinski definition) is 1. The summed E-state index contributed by atoms with van der Waals surface area (Å²) >= 11 is 1.61. The molecule has 3 aromatic heterocycles. The van der Waals surface area contributed by atoms with E-state index in [0.29, 0.717) is 6.54 Å². The Hall–Kier alpha value is -3.00. The van der Waals surface area contributed by atoms with Gasteiger partial charge in [-0.1, -0.05) is 5.21 Å². The average Bonchev–Trinajstić information content (AvgIpc) is 3.29. The Morgan fingerprint density at radius 1 is 1.17 bits per heavy atom. The predicted molar refractivity (Wildman–Crippen MR) is 92.7 cm³/mol. The minimum Gasteiger partial charge on any atom is -0.497 e. The first-order chi connectivity index (χ1) is 11.8. The second kappa shape index (κ2) is 6.25. The van der Waals surface area contributed by atoms with Crippen LogP contribution in [0.25, 0.3) is 15.9 Å². The second-order valence-corrected chi connectivity index (χ2v) is 5.98. The number of fused-ring (bicyclic) bond motifs is 1. The highest BCUT2D eigenvalue weighted by Crippen LogP contribution is 2.25. The van der Waals surface area contributed by atoms with Gasteiger partial charge in [-0.3, -0.25) is 0 Å². The van der Waals surface area contributed by atoms with E-state index >= 15 is 0 Å². The summed E-state index contributed by atoms with van der Waals surface area (Å²) < 4.78 is 7.93. The summed E-state index contributed by atoms with van der Waals surface area (Å²) in [5, 5.41) is 13.7. The SMILES string of the molecule is COc1ccc(-n2cc(CNc3ncnc4ccsc34)nn2)cc1. The van der Waals surface area contributed by atoms with Gasteiger partial charge in [0, 0.05) is 0 Å². The molecule has 7 nitrogen and oxygen atoms in total. The summed E-state index contributed by atoms with van der Waals surface area (Å²) in [5.74, 6) is 1.62. The normalized spacial score (nSPS) is 10.9. The maximum atomic E-state index is 5.16. The van der Waals surface area contributed by atoms with Crippen LogP contribution in [0.1, 0.15) is 5.69 Å². The third-order valence-corrected chi connectivity index (χ3v) is 4.47. The van der Waals surface area contributed by atoms with Gasteiger partial charge in [-0.25, -0.2) is 14.6 Å². The predicted octanol–water partition coefficient (Wildman–Crippen LogP) is 2.89. The van der Waals surface area contributed by atoms with Crippen molar-refractivity contribution in [2.75, 3.05) is 12.4 Å². The van der Waals surface area contributed by atoms with Crippen molar-refractivity contribution in [3.05, 3.63) is 53.9 Å². The van der Waals surface area contributed by atoms with Crippen LogP contribution in [-0.2, 0) is 6.54 Å². The Labute approximate surface area is 141 Å². The molecule has 0 atom stereocenters. The van der Waals surface area contributed by atoms with Crippen LogP contribution >= 0.6 is 11.3 Å². The largest absolute Gasteiger partial charge is 0.497 e. The molecule has 1 aromatic carbocycles. The zero-order valence-electron chi connectivity index (χ0n) is 12.9. The zero-order valence-corrected chi connectivity index (χ0v) is 13.7. The van der Waals surface area contributed by atoms with Crippen LogP contribution in [0.3, 0.4) is 0 Å². The molecule has 1 N–H and O–H groups in total. The topological polar surface area (TPSA) is 77.8 Å². The van der Waals surface area contributed by atoms with Crippen LogP contribution in [0.4, 0.5) is 5.82 Å². The zero-order chi connectivity index (χ0) is 16.4. The van der Waals surface area contributed by atoms with Gasteiger partial charge in [-0.15, -0.1) is 16.4 Å². The summed E-state index contributed by atoms with van der Waals surface area (Å²) in [4.78, 5) is 8.53. The van der Waals surface area contributed by atoms with Crippen molar-refractivity contribution in [1.82, 2.24) is 25.0 Å². The molecule has 0 amide bonds. The van der Waals surface area contributed by atoms with E-state index in [9.17, 15) is 0 Å². The van der Waals surface area contributed by atoms with Crippen molar-refractivity contribution in [2.45, 2.75) is 6.54 Å². The Morgan fingerprint density at radius 2 is 2.04 bits per heavy atom. The number of anilines is 1. The average molecular weight is 338 g/mol. The number of benzene rings is 1. The van der Waals surface area contributed by atoms with Crippen molar-refractivity contribution in [3.63, 3.8) is 0 Å². The Morgan fingerprint density at radius 3 is 2.88 bits per heavy atom. The van der Waals surface area contributed by atoms with Gasteiger partial charge in [-0.05, 0) is 35.7 Å². The van der Waals surface area contributed by atoms with Crippen molar-refractivity contribution < 1.29 is 4.74 Å². The molecule has 4 aromatic rings. The van der Waals surface area contributed by atoms with Crippen LogP contribution in [-0.4, -0.2) is 32.1 Å². The van der Waals surface area contributed by atoms with Crippen LogP contribution in [0, 0.1) is 0 Å². The highest BCUT2D eigenvalue weighted by atomic mass is 32.1. The fourth-order valence-corrected chi connectivity index (χ4v) is 3.14. The smallest absolute Gasteiger partial charge is 0.147 e. The minimum absolute atomic E-state index is 0.542. The molecule has 4 rings (SSSR count). The lowest BCUT2D eigenvalue weighted by Crippen LogP contribution is -2.02. The first-order valence-corrected chi connectivity index (χ1v) is 8.19. The number of aromatic nitrogens is 5. The fourth-order valence-electron chi connectivity index (χ4n) is 2.33. The van der Waals surface area contributed by atoms with E-state index in [4.69, 9.17) is 4.74 Å². The maximum absolute atomic E-state index is 5.16. The lowest BCUT2D eigenvalue weighted by atomic mass is 10.3. The summed E-state index contributed by atoms with van der Waals surface area (Å²) in [6.45, 7) is 0.542. The summed E-state index contributed by atoms with van der Waals surface area (Å²) in [7, 11) is 1.64. The van der Waals surface area contributed by atoms with Crippen molar-refractivity contribution in [3.8, 4) is 11.4 Å². The third-order valence-electron chi connectivity index (χ3n) is 3.56. The van der Waals surface area contributed by atoms with E-state index in [0.717, 1.165) is 33.2 Å². The number of nitrogens with zero attached hydrogens (tertiary/aromatic N) is 5. The standard InChI is InChI=1S/C16H14N6OS/c1-23-13-4-2-12(3-5-13)22-9-11(20-21-22)8-17-16-15-14(6-7-24-15)18-10-19-16/h2-7,9-10H,8H2,1H3,(H,17,18,19). The van der Waals surface area contributed by atoms with E-state index in [2.05, 4.69) is 25.6 Å². The molecule has 120 valence electrons. The monoisotopic (exact) mass is 338 g/mol. The van der Waals surface area contributed by atoms with E-state index in [-0.39, 0.29) is 0 Å². The number of methoxy groups -OCH3 is 1. The fraction of sp³-hybridized carbons (Fsp3) is 0.125. The summed E-state index contributed by atoms with van der Waals surface area (Å²) in [5.41, 5.74) is 2.70. The van der Waals surface area contributed by atoms with Gasteiger partial charge < -0.3 is 10.1 Å². The molecule has 8 heteroatoms. The molecule has 0 aliphatic rings. The molecule has 0 aliphatic heterocycles. The molecule has 0 aliphatic carbocycles. The van der Waals surface area contributed by atoms with Gasteiger partial charge in [0.15, 0.2) is 0 Å². The van der Waals surface area contributed by atoms with Gasteiger partial charge in [0.05, 0.1) is 35.8 Å². The van der Waals surface area contributed by atoms with E-state index in [1.165, 1.54) is 0 Å². The molecule has 0 saturated heterocycles. The van der Waals surface area contributed by atoms with Crippen molar-refractivity contribution >= 4 is 27.4 Å². The molecule has 3 heterocycles. The highest BCUT2D eigenvalue weighted by Gasteiger charge is 2.07. The maximum Gasteiger partial charge on any atom is 0.147 e. The number of nitrogens with one attached hydrogen (secondary N) is 1. The molecule has 0 spiro atoms. The van der Waals surface area contributed by atoms with Gasteiger partial charge in [0.1, 0.15) is 23.6 Å². The summed E-state index contributed by atoms with van der Waals surface area (Å²) in [6, 6.07) is 9.63. The van der Waals surface area contributed by atoms with Crippen molar-refractivity contribution in [2.24, 2.45) is 0 Å². The highest BCUT2D eigenvalue weighted by molar-refractivity contribution is 7.17. The van der Waals surface area contributed by atoms with Gasteiger partial charge in [0.2, 0.25) is 0 Å². The van der Waals surface area contributed by atoms with Gasteiger partial charge >= 0.3 is 0 Å². The van der Waals surface area contributed by atoms with Crippen molar-refractivity contribution in [1.29, 1.82) is 0 Å². The number of ether oxygens (including phenoxy) is 1. The van der Waals surface area contributed by atoms with Gasteiger partial charge in [0.25, 0.3) is 0 Å². The molecule has 0 fully saturated rings. The van der Waals surface area contributed by atoms with E-state index < -0.39 is 0 Å². The second-order valence-electron chi connectivity index (χ2n) is 5.06. The minimum atomic E-state index is 0.542. The summed E-state index contributed by atoms with van der Waals surface area (Å²) in [6.07, 6.45) is 3.45. The third kappa shape index (κ3) is 2.79. The molecule has 0 unspecified atom stereocenters. The van der Waals surface area contributed by atoms with Crippen LogP contribution in [0.15, 0.2) is 48.2 Å². The van der Waals surface area contributed by atoms with E-state index in [1.807, 2.05) is 41.9 Å². The van der Waals surface area contributed by atoms with E-state index in [1.54, 1.807) is 29.5 Å². The number of hydrogen-bond acceptors (Lipinski definition) is 7. The molecule has 24 heavy (non-hydrogen) atoms. The molecule has 0 saturated carbocycles. The lowest BCUT2D eigenvalue weighted by Gasteiger charge is -2.03. The van der Waals surface area contributed by atoms with Gasteiger partial charge in [-0.2, -0.15) is 0 Å². The number of rotatable bonds is 5. The Bertz CT molecular complexity index is 962. The quantitative estimate of drug-likeness (QED) is 0.603.